The summed E-state index contributed by atoms with van der Waals surface area (Å²) in [5.74, 6) is 0. The Labute approximate surface area is 52.1 Å². The zero-order valence-electron chi connectivity index (χ0n) is 6.59. The fraction of sp³-hybridized carbons (Fsp3) is 1.00. The van der Waals surface area contributed by atoms with Gasteiger partial charge in [-0.25, -0.2) is 0 Å². The molecule has 0 atom stereocenters. The highest BCUT2D eigenvalue weighted by atomic mass is 19.1. The molecule has 0 saturated heterocycles. The van der Waals surface area contributed by atoms with Gasteiger partial charge in [0.1, 0.15) is 0 Å². The van der Waals surface area contributed by atoms with Crippen molar-refractivity contribution in [3.8, 4) is 0 Å². The summed E-state index contributed by atoms with van der Waals surface area (Å²) in [5.41, 5.74) is 0.500. The van der Waals surface area contributed by atoms with Crippen LogP contribution in [0.4, 0.5) is 4.39 Å². The van der Waals surface area contributed by atoms with Gasteiger partial charge in [0.05, 0.1) is 6.67 Å². The molecule has 0 aromatic rings. The molecule has 0 N–H and O–H groups in total. The number of halogens is 1. The van der Waals surface area contributed by atoms with E-state index in [0.29, 0.717) is 5.41 Å². The first-order chi connectivity index (χ1) is 3.41. The summed E-state index contributed by atoms with van der Waals surface area (Å²) in [4.78, 5) is 0. The van der Waals surface area contributed by atoms with Crippen molar-refractivity contribution >= 4 is 0 Å². The third-order valence-electron chi connectivity index (χ3n) is 0. The maximum absolute atomic E-state index is 10.3. The van der Waals surface area contributed by atoms with Crippen LogP contribution in [-0.4, -0.2) is 6.67 Å². The fourth-order valence-electron chi connectivity index (χ4n) is 0. The molecule has 0 aliphatic carbocycles. The molecule has 8 heavy (non-hydrogen) atoms. The topological polar surface area (TPSA) is 0 Å². The van der Waals surface area contributed by atoms with Crippen LogP contribution in [0.2, 0.25) is 0 Å². The summed E-state index contributed by atoms with van der Waals surface area (Å²) >= 11 is 0. The van der Waals surface area contributed by atoms with Crippen LogP contribution in [0.25, 0.3) is 0 Å². The minimum absolute atomic E-state index is 0.250. The average molecular weight is 120 g/mol. The van der Waals surface area contributed by atoms with Gasteiger partial charge in [0.25, 0.3) is 0 Å². The van der Waals surface area contributed by atoms with Crippen LogP contribution in [0.15, 0.2) is 0 Å². The normalized spacial score (nSPS) is 9.75. The van der Waals surface area contributed by atoms with Crippen LogP contribution < -0.4 is 0 Å². The van der Waals surface area contributed by atoms with Crippen molar-refractivity contribution in [3.05, 3.63) is 0 Å². The monoisotopic (exact) mass is 120 g/mol. The SMILES string of the molecule is CC(C)(C)C.CCF. The van der Waals surface area contributed by atoms with E-state index in [2.05, 4.69) is 27.7 Å². The van der Waals surface area contributed by atoms with E-state index in [1.54, 1.807) is 0 Å². The van der Waals surface area contributed by atoms with Crippen LogP contribution in [-0.2, 0) is 0 Å². The summed E-state index contributed by atoms with van der Waals surface area (Å²) in [6.45, 7) is 9.96. The highest BCUT2D eigenvalue weighted by molar-refractivity contribution is 4.47. The quantitative estimate of drug-likeness (QED) is 0.461. The van der Waals surface area contributed by atoms with E-state index in [4.69, 9.17) is 0 Å². The number of hydrogen-bond acceptors (Lipinski definition) is 0. The second kappa shape index (κ2) is 5.07. The molecule has 0 fully saturated rings. The second-order valence-electron chi connectivity index (χ2n) is 3.27. The Balaban J connectivity index is 0. The van der Waals surface area contributed by atoms with E-state index in [1.165, 1.54) is 6.92 Å². The Morgan fingerprint density at radius 3 is 1.12 bits per heavy atom. The van der Waals surface area contributed by atoms with Crippen molar-refractivity contribution in [1.29, 1.82) is 0 Å². The minimum atomic E-state index is -0.250. The maximum Gasteiger partial charge on any atom is 0.0866 e. The molecule has 0 aromatic heterocycles. The lowest BCUT2D eigenvalue weighted by Gasteiger charge is -2.05. The van der Waals surface area contributed by atoms with Gasteiger partial charge in [0.2, 0.25) is 0 Å². The van der Waals surface area contributed by atoms with E-state index in [0.717, 1.165) is 0 Å². The Morgan fingerprint density at radius 1 is 1.12 bits per heavy atom. The van der Waals surface area contributed by atoms with Gasteiger partial charge in [-0.2, -0.15) is 0 Å². The molecular weight excluding hydrogens is 103 g/mol. The predicted octanol–water partition coefficient (Wildman–Crippen LogP) is 3.03. The fourth-order valence-corrected chi connectivity index (χ4v) is 0. The van der Waals surface area contributed by atoms with E-state index >= 15 is 0 Å². The summed E-state index contributed by atoms with van der Waals surface area (Å²) in [6, 6.07) is 0. The van der Waals surface area contributed by atoms with Crippen LogP contribution in [0, 0.1) is 5.41 Å². The molecule has 0 bridgehead atoms. The first kappa shape index (κ1) is 10.8. The van der Waals surface area contributed by atoms with Crippen molar-refractivity contribution in [2.75, 3.05) is 6.67 Å². The molecule has 52 valence electrons. The maximum atomic E-state index is 10.3. The molecule has 0 aromatic carbocycles. The van der Waals surface area contributed by atoms with E-state index in [9.17, 15) is 4.39 Å². The third-order valence-corrected chi connectivity index (χ3v) is 0. The smallest absolute Gasteiger partial charge is 0.0866 e. The highest BCUT2D eigenvalue weighted by Crippen LogP contribution is 2.07. The molecule has 0 spiro atoms. The van der Waals surface area contributed by atoms with Gasteiger partial charge in [0, 0.05) is 0 Å². The first-order valence-corrected chi connectivity index (χ1v) is 2.97. The third kappa shape index (κ3) is 29400. The highest BCUT2D eigenvalue weighted by Gasteiger charge is 1.95. The lowest BCUT2D eigenvalue weighted by molar-refractivity contribution is 0.469. The van der Waals surface area contributed by atoms with E-state index in [-0.39, 0.29) is 6.67 Å². The van der Waals surface area contributed by atoms with Gasteiger partial charge in [-0.05, 0) is 12.3 Å². The zero-order valence-corrected chi connectivity index (χ0v) is 6.59. The van der Waals surface area contributed by atoms with Gasteiger partial charge in [-0.15, -0.1) is 0 Å². The summed E-state index contributed by atoms with van der Waals surface area (Å²) in [7, 11) is 0. The molecule has 0 radical (unpaired) electrons. The molecule has 0 saturated carbocycles. The molecule has 0 amide bonds. The Bertz CT molecular complexity index is 28.1. The minimum Gasteiger partial charge on any atom is -0.251 e. The van der Waals surface area contributed by atoms with Crippen molar-refractivity contribution in [1.82, 2.24) is 0 Å². The Kier molecular flexibility index (Phi) is 6.87. The Hall–Kier alpha value is -0.0700. The van der Waals surface area contributed by atoms with Crippen molar-refractivity contribution < 1.29 is 4.39 Å². The lowest BCUT2D eigenvalue weighted by Crippen LogP contribution is -1.93. The van der Waals surface area contributed by atoms with Crippen LogP contribution >= 0.6 is 0 Å². The summed E-state index contributed by atoms with van der Waals surface area (Å²) < 4.78 is 10.3. The standard InChI is InChI=1S/C5H12.C2H5F/c1-5(2,3)4;1-2-3/h1-4H3;2H2,1H3. The average Bonchev–Trinajstić information content (AvgIpc) is 1.27. The van der Waals surface area contributed by atoms with Crippen molar-refractivity contribution in [2.45, 2.75) is 34.6 Å². The van der Waals surface area contributed by atoms with E-state index < -0.39 is 0 Å². The van der Waals surface area contributed by atoms with Gasteiger partial charge < -0.3 is 0 Å². The Morgan fingerprint density at radius 2 is 1.12 bits per heavy atom. The lowest BCUT2D eigenvalue weighted by atomic mass is 10.0. The van der Waals surface area contributed by atoms with Gasteiger partial charge in [-0.1, -0.05) is 27.7 Å². The number of alkyl halides is 1. The van der Waals surface area contributed by atoms with Crippen molar-refractivity contribution in [2.24, 2.45) is 5.41 Å². The number of rotatable bonds is 0. The van der Waals surface area contributed by atoms with Gasteiger partial charge in [0.15, 0.2) is 0 Å². The van der Waals surface area contributed by atoms with Gasteiger partial charge >= 0.3 is 0 Å². The zero-order chi connectivity index (χ0) is 7.21. The van der Waals surface area contributed by atoms with Crippen LogP contribution in [0.3, 0.4) is 0 Å². The summed E-state index contributed by atoms with van der Waals surface area (Å²) in [6.07, 6.45) is 0. The van der Waals surface area contributed by atoms with Crippen LogP contribution in [0.1, 0.15) is 34.6 Å². The van der Waals surface area contributed by atoms with Crippen molar-refractivity contribution in [3.63, 3.8) is 0 Å². The molecule has 1 heteroatoms. The largest absolute Gasteiger partial charge is 0.251 e. The first-order valence-electron chi connectivity index (χ1n) is 2.97. The molecule has 0 heterocycles. The molecule has 0 nitrogen and oxygen atoms in total. The molecule has 0 aliphatic rings. The summed E-state index contributed by atoms with van der Waals surface area (Å²) in [5, 5.41) is 0. The van der Waals surface area contributed by atoms with Gasteiger partial charge in [-0.3, -0.25) is 4.39 Å². The number of hydrogen-bond donors (Lipinski definition) is 0. The molecule has 0 unspecified atom stereocenters. The molecule has 0 rings (SSSR count). The van der Waals surface area contributed by atoms with Crippen LogP contribution in [0.5, 0.6) is 0 Å². The molecule has 0 aliphatic heterocycles. The molecular formula is C7H17F. The van der Waals surface area contributed by atoms with E-state index in [1.807, 2.05) is 0 Å². The predicted molar refractivity (Wildman–Crippen MR) is 36.8 cm³/mol. The second-order valence-corrected chi connectivity index (χ2v) is 3.27.